The Bertz CT molecular complexity index is 508. The number of hydrogen-bond acceptors (Lipinski definition) is 2. The lowest BCUT2D eigenvalue weighted by Gasteiger charge is -2.16. The molecule has 3 rings (SSSR count). The van der Waals surface area contributed by atoms with Crippen molar-refractivity contribution in [1.82, 2.24) is 5.32 Å². The van der Waals surface area contributed by atoms with Gasteiger partial charge in [0.05, 0.1) is 6.04 Å². The standard InChI is InChI=1S/C15H18N2/c1-10(2)8-14-12-4-3-5-13-15(12)11(9-17-13)6-7-16-14/h3-6,8,14,16-17H,7,9H2,1-2H3/t14-/m1/s1. The van der Waals surface area contributed by atoms with Crippen LogP contribution >= 0.6 is 0 Å². The molecule has 2 aliphatic rings. The van der Waals surface area contributed by atoms with Crippen LogP contribution < -0.4 is 10.6 Å². The Kier molecular flexibility index (Phi) is 2.52. The van der Waals surface area contributed by atoms with Crippen LogP contribution in [0.2, 0.25) is 0 Å². The molecule has 2 nitrogen and oxygen atoms in total. The molecule has 2 heteroatoms. The Labute approximate surface area is 102 Å². The number of rotatable bonds is 1. The molecule has 0 radical (unpaired) electrons. The number of hydrogen-bond donors (Lipinski definition) is 2. The van der Waals surface area contributed by atoms with E-state index >= 15 is 0 Å². The van der Waals surface area contributed by atoms with Gasteiger partial charge in [-0.3, -0.25) is 0 Å². The van der Waals surface area contributed by atoms with Crippen LogP contribution in [-0.4, -0.2) is 13.1 Å². The fourth-order valence-corrected chi connectivity index (χ4v) is 2.69. The average molecular weight is 226 g/mol. The van der Waals surface area contributed by atoms with E-state index in [1.165, 1.54) is 28.0 Å². The molecule has 0 spiro atoms. The van der Waals surface area contributed by atoms with E-state index in [-0.39, 0.29) is 0 Å². The molecular weight excluding hydrogens is 208 g/mol. The lowest BCUT2D eigenvalue weighted by molar-refractivity contribution is 0.673. The number of nitrogens with one attached hydrogen (secondary N) is 2. The minimum atomic E-state index is 0.337. The van der Waals surface area contributed by atoms with Crippen molar-refractivity contribution in [2.45, 2.75) is 19.9 Å². The molecule has 2 heterocycles. The SMILES string of the molecule is CC(C)=C[C@H]1NCC=C2CNc3cccc1c32. The van der Waals surface area contributed by atoms with Crippen LogP contribution in [0.15, 0.2) is 35.9 Å². The zero-order valence-electron chi connectivity index (χ0n) is 10.4. The molecule has 0 fully saturated rings. The van der Waals surface area contributed by atoms with Crippen molar-refractivity contribution in [1.29, 1.82) is 0 Å². The monoisotopic (exact) mass is 226 g/mol. The van der Waals surface area contributed by atoms with E-state index in [1.54, 1.807) is 0 Å². The second-order valence-corrected chi connectivity index (χ2v) is 4.98. The smallest absolute Gasteiger partial charge is 0.0517 e. The summed E-state index contributed by atoms with van der Waals surface area (Å²) < 4.78 is 0. The van der Waals surface area contributed by atoms with Crippen LogP contribution in [0, 0.1) is 0 Å². The van der Waals surface area contributed by atoms with Gasteiger partial charge in [-0.1, -0.05) is 29.9 Å². The number of benzene rings is 1. The molecule has 0 aliphatic carbocycles. The summed E-state index contributed by atoms with van der Waals surface area (Å²) >= 11 is 0. The molecule has 0 unspecified atom stereocenters. The molecule has 88 valence electrons. The van der Waals surface area contributed by atoms with Crippen molar-refractivity contribution >= 4 is 11.3 Å². The summed E-state index contributed by atoms with van der Waals surface area (Å²) in [5, 5.41) is 7.05. The molecule has 0 saturated carbocycles. The van der Waals surface area contributed by atoms with Gasteiger partial charge in [0.25, 0.3) is 0 Å². The van der Waals surface area contributed by atoms with E-state index < -0.39 is 0 Å². The normalized spacial score (nSPS) is 21.1. The fraction of sp³-hybridized carbons (Fsp3) is 0.333. The quantitative estimate of drug-likeness (QED) is 0.719. The summed E-state index contributed by atoms with van der Waals surface area (Å²) in [5.74, 6) is 0. The Morgan fingerprint density at radius 2 is 2.24 bits per heavy atom. The first-order chi connectivity index (χ1) is 8.25. The zero-order chi connectivity index (χ0) is 11.8. The molecule has 2 N–H and O–H groups in total. The largest absolute Gasteiger partial charge is 0.380 e. The van der Waals surface area contributed by atoms with Gasteiger partial charge in [-0.25, -0.2) is 0 Å². The van der Waals surface area contributed by atoms with Crippen LogP contribution in [0.1, 0.15) is 31.0 Å². The van der Waals surface area contributed by atoms with Gasteiger partial charge in [-0.2, -0.15) is 0 Å². The summed E-state index contributed by atoms with van der Waals surface area (Å²) in [6.07, 6.45) is 4.62. The minimum absolute atomic E-state index is 0.337. The second kappa shape index (κ2) is 4.04. The van der Waals surface area contributed by atoms with Crippen molar-refractivity contribution < 1.29 is 0 Å². The van der Waals surface area contributed by atoms with Crippen LogP contribution in [0.3, 0.4) is 0 Å². The van der Waals surface area contributed by atoms with Gasteiger partial charge in [-0.15, -0.1) is 0 Å². The molecule has 1 aromatic carbocycles. The fourth-order valence-electron chi connectivity index (χ4n) is 2.69. The minimum Gasteiger partial charge on any atom is -0.380 e. The molecule has 17 heavy (non-hydrogen) atoms. The van der Waals surface area contributed by atoms with Crippen LogP contribution in [0.25, 0.3) is 5.57 Å². The molecule has 1 aromatic rings. The summed E-state index contributed by atoms with van der Waals surface area (Å²) in [4.78, 5) is 0. The van der Waals surface area contributed by atoms with Gasteiger partial charge in [-0.05, 0) is 31.1 Å². The predicted molar refractivity (Wildman–Crippen MR) is 73.1 cm³/mol. The van der Waals surface area contributed by atoms with Crippen molar-refractivity contribution in [3.63, 3.8) is 0 Å². The van der Waals surface area contributed by atoms with Gasteiger partial charge >= 0.3 is 0 Å². The van der Waals surface area contributed by atoms with E-state index in [9.17, 15) is 0 Å². The first-order valence-electron chi connectivity index (χ1n) is 6.20. The Balaban J connectivity index is 2.15. The summed E-state index contributed by atoms with van der Waals surface area (Å²) in [5.41, 5.74) is 6.89. The number of allylic oxidation sites excluding steroid dienone is 1. The highest BCUT2D eigenvalue weighted by atomic mass is 14.9. The van der Waals surface area contributed by atoms with Gasteiger partial charge in [0.2, 0.25) is 0 Å². The van der Waals surface area contributed by atoms with Crippen LogP contribution in [0.5, 0.6) is 0 Å². The van der Waals surface area contributed by atoms with Crippen molar-refractivity contribution in [2.75, 3.05) is 18.4 Å². The second-order valence-electron chi connectivity index (χ2n) is 4.98. The highest BCUT2D eigenvalue weighted by molar-refractivity contribution is 5.87. The maximum atomic E-state index is 3.58. The average Bonchev–Trinajstić information content (AvgIpc) is 2.62. The van der Waals surface area contributed by atoms with E-state index in [0.29, 0.717) is 6.04 Å². The number of anilines is 1. The molecule has 0 saturated heterocycles. The molecule has 0 bridgehead atoms. The lowest BCUT2D eigenvalue weighted by Crippen LogP contribution is -2.19. The van der Waals surface area contributed by atoms with Gasteiger partial charge in [0, 0.05) is 24.3 Å². The van der Waals surface area contributed by atoms with Crippen molar-refractivity contribution in [3.05, 3.63) is 47.1 Å². The molecule has 0 aromatic heterocycles. The lowest BCUT2D eigenvalue weighted by atomic mass is 9.95. The Morgan fingerprint density at radius 1 is 1.35 bits per heavy atom. The third-order valence-electron chi connectivity index (χ3n) is 3.41. The van der Waals surface area contributed by atoms with E-state index in [0.717, 1.165) is 13.1 Å². The molecule has 2 aliphatic heterocycles. The summed E-state index contributed by atoms with van der Waals surface area (Å²) in [6, 6.07) is 6.89. The van der Waals surface area contributed by atoms with E-state index in [4.69, 9.17) is 0 Å². The van der Waals surface area contributed by atoms with E-state index in [1.807, 2.05) is 0 Å². The van der Waals surface area contributed by atoms with Crippen molar-refractivity contribution in [2.24, 2.45) is 0 Å². The molecule has 1 atom stereocenters. The van der Waals surface area contributed by atoms with Crippen LogP contribution in [0.4, 0.5) is 5.69 Å². The molecule has 0 amide bonds. The highest BCUT2D eigenvalue weighted by Crippen LogP contribution is 2.38. The Hall–Kier alpha value is -1.54. The maximum absolute atomic E-state index is 3.58. The third kappa shape index (κ3) is 1.79. The van der Waals surface area contributed by atoms with Crippen molar-refractivity contribution in [3.8, 4) is 0 Å². The van der Waals surface area contributed by atoms with Gasteiger partial charge in [0.15, 0.2) is 0 Å². The zero-order valence-corrected chi connectivity index (χ0v) is 10.4. The summed E-state index contributed by atoms with van der Waals surface area (Å²) in [6.45, 7) is 6.22. The first-order valence-corrected chi connectivity index (χ1v) is 6.20. The molecular formula is C15H18N2. The third-order valence-corrected chi connectivity index (χ3v) is 3.41. The van der Waals surface area contributed by atoms with Gasteiger partial charge < -0.3 is 10.6 Å². The Morgan fingerprint density at radius 3 is 3.06 bits per heavy atom. The van der Waals surface area contributed by atoms with Crippen LogP contribution in [-0.2, 0) is 0 Å². The predicted octanol–water partition coefficient (Wildman–Crippen LogP) is 3.11. The highest BCUT2D eigenvalue weighted by Gasteiger charge is 2.24. The summed E-state index contributed by atoms with van der Waals surface area (Å²) in [7, 11) is 0. The van der Waals surface area contributed by atoms with Gasteiger partial charge in [0.1, 0.15) is 0 Å². The topological polar surface area (TPSA) is 24.1 Å². The van der Waals surface area contributed by atoms with E-state index in [2.05, 4.69) is 54.8 Å². The maximum Gasteiger partial charge on any atom is 0.0517 e. The first kappa shape index (κ1) is 10.6.